The molecule has 8 aromatic carbocycles. The van der Waals surface area contributed by atoms with Crippen molar-refractivity contribution in [2.75, 3.05) is 72.5 Å². The highest BCUT2D eigenvalue weighted by atomic mass is 127. The van der Waals surface area contributed by atoms with Gasteiger partial charge in [-0.3, -0.25) is 0 Å². The van der Waals surface area contributed by atoms with Gasteiger partial charge >= 0.3 is 89.9 Å². The molecule has 1 N–H and O–H groups in total. The number of alkyl halides is 12. The average Bonchev–Trinajstić information content (AvgIpc) is 1.03. The van der Waals surface area contributed by atoms with E-state index in [1.54, 1.807) is 4.90 Å². The van der Waals surface area contributed by atoms with Gasteiger partial charge in [-0.25, -0.2) is 9.59 Å². The van der Waals surface area contributed by atoms with E-state index >= 15 is 0 Å². The predicted octanol–water partition coefficient (Wildman–Crippen LogP) is 14.3. The van der Waals surface area contributed by atoms with E-state index < -0.39 is 120 Å². The van der Waals surface area contributed by atoms with Gasteiger partial charge < -0.3 is 103 Å². The zero-order chi connectivity index (χ0) is 100. The summed E-state index contributed by atoms with van der Waals surface area (Å²) < 4.78 is 268. The van der Waals surface area contributed by atoms with Crippen LogP contribution in [0.4, 0.5) is 52.7 Å². The van der Waals surface area contributed by atoms with E-state index in [1.165, 1.54) is 33.9 Å². The van der Waals surface area contributed by atoms with Crippen LogP contribution in [0.5, 0.6) is 69.0 Å². The summed E-state index contributed by atoms with van der Waals surface area (Å²) in [5, 5.41) is 0. The molecule has 18 rings (SSSR count). The Morgan fingerprint density at radius 1 is 0.329 bits per heavy atom. The molecule has 140 heavy (non-hydrogen) atoms. The highest BCUT2D eigenvalue weighted by Gasteiger charge is 2.72. The van der Waals surface area contributed by atoms with Gasteiger partial charge in [-0.15, -0.1) is 0 Å². The van der Waals surface area contributed by atoms with Crippen LogP contribution in [0.15, 0.2) is 194 Å². The number of hydrogen-bond acceptors (Lipinski definition) is 20. The zero-order valence-electron chi connectivity index (χ0n) is 80.4. The lowest BCUT2D eigenvalue weighted by molar-refractivity contribution is -0.894. The van der Waals surface area contributed by atoms with Gasteiger partial charge in [0.2, 0.25) is 0 Å². The van der Waals surface area contributed by atoms with E-state index in [4.69, 9.17) is 85.3 Å². The lowest BCUT2D eigenvalue weighted by atomic mass is 9.51. The van der Waals surface area contributed by atoms with E-state index in [9.17, 15) is 62.3 Å². The smallest absolute Gasteiger partial charge is 0.377 e. The van der Waals surface area contributed by atoms with Crippen molar-refractivity contribution in [3.05, 3.63) is 208 Å². The Bertz CT molecular complexity index is 4580. The fraction of sp³-hybridized carbons (Fsp3) is 0.519. The summed E-state index contributed by atoms with van der Waals surface area (Å²) in [6, 6.07) is 63.3. The first-order chi connectivity index (χ1) is 65.9. The van der Waals surface area contributed by atoms with Crippen LogP contribution in [0.25, 0.3) is 0 Å². The fourth-order valence-electron chi connectivity index (χ4n) is 18.8. The van der Waals surface area contributed by atoms with Crippen molar-refractivity contribution < 1.29 is 207 Å². The van der Waals surface area contributed by atoms with Crippen molar-refractivity contribution in [1.29, 1.82) is 0 Å². The molecule has 8 bridgehead atoms. The molecule has 8 saturated carbocycles. The van der Waals surface area contributed by atoms with Gasteiger partial charge in [0.05, 0.1) is 19.6 Å². The average molecular weight is 2230 g/mol. The minimum Gasteiger partial charge on any atom is -1.00 e. The lowest BCUT2D eigenvalue weighted by Crippen LogP contribution is -3.61. The predicted molar refractivity (Wildman–Crippen MR) is 481 cm³/mol. The standard InChI is InChI=1S/2C32H34IO6.2C17H20F6O4.C6H15N.ClH/c2*1-5-34-23(3)36-27-15-19-31(20-16-27)38-29-11-7-25(8-12-29)33-26-9-13-30(14-10-26)39-32-21-17-28(18-22-32)37-24(4)35-6-2;2*1-13(18,19)12(24)27-14-4-9-2-10(5-14)17(11(3-9)6-14)25-7-15(20,21)16(22,23)8-26-17;1-4-7(5-2)6-3;/h2*7-24H,5-6H2,1-4H3;2*9-11H,2-8H2,1H3;4-6H2,1-3H3;1H/q2*+1;;;;. The van der Waals surface area contributed by atoms with Crippen LogP contribution in [0, 0.1) is 49.8 Å². The number of ether oxygens (including phenoxy) is 18. The fourth-order valence-corrected chi connectivity index (χ4v) is 23.1. The minimum absolute atomic E-state index is 0. The summed E-state index contributed by atoms with van der Waals surface area (Å²) in [5.74, 6) is -24.3. The van der Waals surface area contributed by atoms with Crippen molar-refractivity contribution in [2.24, 2.45) is 35.5 Å². The maximum Gasteiger partial charge on any atom is 0.377 e. The summed E-state index contributed by atoms with van der Waals surface area (Å²) in [5.41, 5.74) is -2.30. The second kappa shape index (κ2) is 49.0. The third-order valence-corrected chi connectivity index (χ3v) is 30.5. The van der Waals surface area contributed by atoms with Crippen LogP contribution in [-0.4, -0.2) is 168 Å². The molecule has 8 aliphatic carbocycles. The summed E-state index contributed by atoms with van der Waals surface area (Å²) in [4.78, 5) is 25.1. The molecule has 8 aromatic rings. The second-order valence-electron chi connectivity index (χ2n) is 35.7. The molecule has 10 fully saturated rings. The molecule has 0 amide bonds. The van der Waals surface area contributed by atoms with Crippen LogP contribution in [0.2, 0.25) is 0 Å². The van der Waals surface area contributed by atoms with Crippen molar-refractivity contribution in [2.45, 2.75) is 238 Å². The molecule has 0 radical (unpaired) electrons. The molecule has 10 aliphatic rings. The highest BCUT2D eigenvalue weighted by molar-refractivity contribution is 5.78. The van der Waals surface area contributed by atoms with Crippen LogP contribution in [0.1, 0.15) is 154 Å². The van der Waals surface area contributed by atoms with Gasteiger partial charge in [-0.2, -0.15) is 52.7 Å². The number of esters is 2. The molecule has 768 valence electrons. The summed E-state index contributed by atoms with van der Waals surface area (Å²) in [6.45, 7) is 23.2. The number of carbonyl (C=O) groups excluding carboxylic acids is 2. The Kier molecular flexibility index (Phi) is 39.2. The molecular formula is C104H124ClF12I2NO20+2. The van der Waals surface area contributed by atoms with Crippen LogP contribution in [-0.2, 0) is 57.0 Å². The quantitative estimate of drug-likeness (QED) is 0.0170. The van der Waals surface area contributed by atoms with Gasteiger partial charge in [0.25, 0.3) is 0 Å². The Labute approximate surface area is 836 Å². The maximum atomic E-state index is 13.7. The van der Waals surface area contributed by atoms with Crippen LogP contribution in [0.3, 0.4) is 0 Å². The van der Waals surface area contributed by atoms with Crippen molar-refractivity contribution in [3.8, 4) is 69.0 Å². The largest absolute Gasteiger partial charge is 1.00 e. The third-order valence-electron chi connectivity index (χ3n) is 25.1. The van der Waals surface area contributed by atoms with Crippen molar-refractivity contribution in [3.63, 3.8) is 0 Å². The number of rotatable bonds is 35. The normalized spacial score (nSPS) is 23.4. The Hall–Kier alpha value is -8.35. The van der Waals surface area contributed by atoms with E-state index in [-0.39, 0.29) is 117 Å². The molecule has 2 saturated heterocycles. The molecule has 36 heteroatoms. The maximum absolute atomic E-state index is 13.7. The van der Waals surface area contributed by atoms with E-state index in [2.05, 4.69) is 69.3 Å². The van der Waals surface area contributed by atoms with Crippen molar-refractivity contribution in [1.82, 2.24) is 0 Å². The summed E-state index contributed by atoms with van der Waals surface area (Å²) in [7, 11) is 0. The first-order valence-corrected chi connectivity index (χ1v) is 51.3. The number of halogens is 15. The molecule has 2 aliphatic heterocycles. The molecule has 8 atom stereocenters. The molecular weight excluding hydrogens is 2100 g/mol. The number of quaternary nitrogens is 1. The SMILES string of the molecule is CC(F)(F)C(=O)OC12CC3CC(C1)C1(OCC(F)(F)C(F)(F)CO1)C(C3)C2.CC(F)(F)C(=O)OC12CC3CC(C1)C1(OCC(F)(F)C(F)(F)CO1)C(C3)C2.CCOC(C)Oc1ccc(Oc2ccc([I+]c3ccc(Oc4ccc(OC(C)OCC)cc4)cc3)cc2)cc1.CCOC(C)Oc1ccc(Oc2ccc([I+]c3ccc(Oc4ccc(OC(C)OCC)cc4)cc3)cc2)cc1.CC[NH+](CC)CC.[Cl-]. The number of carbonyl (C=O) groups is 2. The van der Waals surface area contributed by atoms with Crippen LogP contribution >= 0.6 is 0 Å². The van der Waals surface area contributed by atoms with Gasteiger partial charge in [-0.05, 0) is 346 Å². The molecule has 2 heterocycles. The molecule has 0 aromatic heterocycles. The highest BCUT2D eigenvalue weighted by Crippen LogP contribution is 2.66. The number of benzene rings is 8. The lowest BCUT2D eigenvalue weighted by Gasteiger charge is -2.63. The summed E-state index contributed by atoms with van der Waals surface area (Å²) >= 11 is -0.638. The minimum atomic E-state index is -4.36. The Balaban J connectivity index is 0.000000176. The van der Waals surface area contributed by atoms with Crippen LogP contribution < -0.4 is 97.6 Å². The topological polar surface area (TPSA) is 205 Å². The number of hydrogen-bond donors (Lipinski definition) is 1. The summed E-state index contributed by atoms with van der Waals surface area (Å²) in [6.07, 6.45) is 1.80. The van der Waals surface area contributed by atoms with Gasteiger partial charge in [0.15, 0.2) is 51.0 Å². The van der Waals surface area contributed by atoms with Gasteiger partial charge in [-0.1, -0.05) is 0 Å². The molecule has 21 nitrogen and oxygen atoms in total. The van der Waals surface area contributed by atoms with Gasteiger partial charge in [0.1, 0.15) is 107 Å². The second-order valence-corrected chi connectivity index (χ2v) is 41.8. The monoisotopic (exact) mass is 2220 g/mol. The van der Waals surface area contributed by atoms with E-state index in [0.29, 0.717) is 78.8 Å². The van der Waals surface area contributed by atoms with Crippen molar-refractivity contribution >= 4 is 11.9 Å². The Morgan fingerprint density at radius 3 is 0.686 bits per heavy atom. The third kappa shape index (κ3) is 30.0. The van der Waals surface area contributed by atoms with E-state index in [0.717, 1.165) is 69.0 Å². The Morgan fingerprint density at radius 2 is 0.514 bits per heavy atom. The number of nitrogens with one attached hydrogen (secondary N) is 1. The van der Waals surface area contributed by atoms with E-state index in [1.807, 2.05) is 201 Å². The van der Waals surface area contributed by atoms with Gasteiger partial charge in [0, 0.05) is 63.9 Å². The molecule has 2 spiro atoms. The molecule has 8 unspecified atom stereocenters. The first-order valence-electron chi connectivity index (χ1n) is 47.0. The zero-order valence-corrected chi connectivity index (χ0v) is 85.5. The first kappa shape index (κ1) is 112.